The molecule has 0 saturated carbocycles. The average Bonchev–Trinajstić information content (AvgIpc) is 2.34. The minimum absolute atomic E-state index is 0.684. The number of piperidine rings is 1. The van der Waals surface area contributed by atoms with Crippen LogP contribution in [0.25, 0.3) is 0 Å². The third kappa shape index (κ3) is 3.14. The fourth-order valence-electron chi connectivity index (χ4n) is 3.40. The molecule has 0 spiro atoms. The number of hydrogen-bond acceptors (Lipinski definition) is 1. The van der Waals surface area contributed by atoms with Crippen LogP contribution in [0.1, 0.15) is 48.4 Å². The van der Waals surface area contributed by atoms with Crippen LogP contribution < -0.4 is 5.32 Å². The zero-order valence-corrected chi connectivity index (χ0v) is 12.3. The molecule has 2 rings (SSSR count). The highest BCUT2D eigenvalue weighted by molar-refractivity contribution is 5.38. The molecule has 1 fully saturated rings. The smallest absolute Gasteiger partial charge is 0.0110 e. The van der Waals surface area contributed by atoms with E-state index in [9.17, 15) is 0 Å². The van der Waals surface area contributed by atoms with E-state index >= 15 is 0 Å². The second-order valence-corrected chi connectivity index (χ2v) is 6.03. The van der Waals surface area contributed by atoms with E-state index < -0.39 is 0 Å². The molecule has 1 aromatic rings. The van der Waals surface area contributed by atoms with Gasteiger partial charge in [0.25, 0.3) is 0 Å². The van der Waals surface area contributed by atoms with Crippen molar-refractivity contribution in [2.75, 3.05) is 6.54 Å². The Morgan fingerprint density at radius 3 is 2.44 bits per heavy atom. The molecule has 1 saturated heterocycles. The maximum absolute atomic E-state index is 3.70. The van der Waals surface area contributed by atoms with Crippen LogP contribution in [0.4, 0.5) is 0 Å². The summed E-state index contributed by atoms with van der Waals surface area (Å²) in [5.74, 6) is 0.933. The van der Waals surface area contributed by atoms with Gasteiger partial charge in [0.2, 0.25) is 0 Å². The van der Waals surface area contributed by atoms with E-state index in [0.717, 1.165) is 5.92 Å². The Hall–Kier alpha value is -0.820. The molecule has 1 heterocycles. The summed E-state index contributed by atoms with van der Waals surface area (Å²) in [7, 11) is 0. The Kier molecular flexibility index (Phi) is 4.45. The maximum Gasteiger partial charge on any atom is 0.0110 e. The summed E-state index contributed by atoms with van der Waals surface area (Å²) in [6.45, 7) is 10.2. The van der Waals surface area contributed by atoms with Crippen molar-refractivity contribution < 1.29 is 0 Å². The van der Waals surface area contributed by atoms with E-state index in [1.54, 1.807) is 5.56 Å². The van der Waals surface area contributed by atoms with E-state index in [1.807, 2.05) is 0 Å². The second-order valence-electron chi connectivity index (χ2n) is 6.03. The lowest BCUT2D eigenvalue weighted by Crippen LogP contribution is -2.39. The molecule has 0 aromatic heterocycles. The summed E-state index contributed by atoms with van der Waals surface area (Å²) in [5.41, 5.74) is 5.88. The van der Waals surface area contributed by atoms with Crippen molar-refractivity contribution in [3.05, 3.63) is 34.4 Å². The Balaban J connectivity index is 2.09. The first kappa shape index (κ1) is 13.6. The number of benzene rings is 1. The van der Waals surface area contributed by atoms with Gasteiger partial charge in [0, 0.05) is 6.04 Å². The van der Waals surface area contributed by atoms with E-state index in [4.69, 9.17) is 0 Å². The minimum Gasteiger partial charge on any atom is -0.314 e. The van der Waals surface area contributed by atoms with Crippen molar-refractivity contribution in [3.8, 4) is 0 Å². The first-order valence-electron chi connectivity index (χ1n) is 7.40. The number of nitrogens with one attached hydrogen (secondary N) is 1. The predicted octanol–water partition coefficient (Wildman–Crippen LogP) is 3.93. The first-order valence-corrected chi connectivity index (χ1v) is 7.40. The third-order valence-corrected chi connectivity index (χ3v) is 4.47. The molecule has 2 atom stereocenters. The van der Waals surface area contributed by atoms with Crippen LogP contribution in [0.2, 0.25) is 0 Å². The normalized spacial score (nSPS) is 24.2. The van der Waals surface area contributed by atoms with Gasteiger partial charge < -0.3 is 5.32 Å². The van der Waals surface area contributed by atoms with E-state index in [-0.39, 0.29) is 0 Å². The Bertz CT molecular complexity index is 385. The van der Waals surface area contributed by atoms with Gasteiger partial charge in [-0.3, -0.25) is 0 Å². The predicted molar refractivity (Wildman–Crippen MR) is 79.2 cm³/mol. The lowest BCUT2D eigenvalue weighted by atomic mass is 9.85. The Morgan fingerprint density at radius 1 is 1.17 bits per heavy atom. The number of rotatable bonds is 3. The van der Waals surface area contributed by atoms with Crippen molar-refractivity contribution in [2.24, 2.45) is 5.92 Å². The monoisotopic (exact) mass is 245 g/mol. The van der Waals surface area contributed by atoms with Crippen molar-refractivity contribution in [1.82, 2.24) is 5.32 Å². The standard InChI is InChI=1S/C17H27N/c1-5-15-6-7-18-16(10-15)11-17-13(3)8-12(2)9-14(17)4/h8-9,15-16,18H,5-7,10-11H2,1-4H3. The van der Waals surface area contributed by atoms with Gasteiger partial charge in [-0.25, -0.2) is 0 Å². The van der Waals surface area contributed by atoms with Crippen molar-refractivity contribution >= 4 is 0 Å². The van der Waals surface area contributed by atoms with Crippen LogP contribution in [0, 0.1) is 26.7 Å². The van der Waals surface area contributed by atoms with Gasteiger partial charge in [0.05, 0.1) is 0 Å². The largest absolute Gasteiger partial charge is 0.314 e. The van der Waals surface area contributed by atoms with Crippen molar-refractivity contribution in [2.45, 2.75) is 59.4 Å². The van der Waals surface area contributed by atoms with Gasteiger partial charge in [0.15, 0.2) is 0 Å². The SMILES string of the molecule is CCC1CCNC(Cc2c(C)cc(C)cc2C)C1. The number of aryl methyl sites for hydroxylation is 3. The maximum atomic E-state index is 3.70. The zero-order valence-electron chi connectivity index (χ0n) is 12.3. The molecule has 2 unspecified atom stereocenters. The summed E-state index contributed by atoms with van der Waals surface area (Å²) < 4.78 is 0. The highest BCUT2D eigenvalue weighted by Gasteiger charge is 2.21. The summed E-state index contributed by atoms with van der Waals surface area (Å²) >= 11 is 0. The molecule has 0 radical (unpaired) electrons. The topological polar surface area (TPSA) is 12.0 Å². The lowest BCUT2D eigenvalue weighted by molar-refractivity contribution is 0.293. The van der Waals surface area contributed by atoms with Crippen LogP contribution >= 0.6 is 0 Å². The molecule has 0 bridgehead atoms. The van der Waals surface area contributed by atoms with Crippen LogP contribution in [0.3, 0.4) is 0 Å². The second kappa shape index (κ2) is 5.88. The quantitative estimate of drug-likeness (QED) is 0.850. The molecule has 0 aliphatic carbocycles. The summed E-state index contributed by atoms with van der Waals surface area (Å²) in [6, 6.07) is 5.33. The molecule has 1 N–H and O–H groups in total. The molecule has 100 valence electrons. The molecule has 1 aliphatic rings. The van der Waals surface area contributed by atoms with Gasteiger partial charge >= 0.3 is 0 Å². The summed E-state index contributed by atoms with van der Waals surface area (Å²) in [4.78, 5) is 0. The average molecular weight is 245 g/mol. The van der Waals surface area contributed by atoms with E-state index in [0.29, 0.717) is 6.04 Å². The lowest BCUT2D eigenvalue weighted by Gasteiger charge is -2.30. The van der Waals surface area contributed by atoms with Gasteiger partial charge in [-0.2, -0.15) is 0 Å². The van der Waals surface area contributed by atoms with Crippen molar-refractivity contribution in [3.63, 3.8) is 0 Å². The molecule has 1 aliphatic heterocycles. The highest BCUT2D eigenvalue weighted by atomic mass is 14.9. The highest BCUT2D eigenvalue weighted by Crippen LogP contribution is 2.24. The van der Waals surface area contributed by atoms with Gasteiger partial charge in [-0.1, -0.05) is 31.0 Å². The summed E-state index contributed by atoms with van der Waals surface area (Å²) in [6.07, 6.45) is 5.25. The molecular formula is C17H27N. The van der Waals surface area contributed by atoms with E-state index in [2.05, 4.69) is 45.1 Å². The fraction of sp³-hybridized carbons (Fsp3) is 0.647. The zero-order chi connectivity index (χ0) is 13.1. The Labute approximate surface area is 112 Å². The van der Waals surface area contributed by atoms with Crippen LogP contribution in [0.5, 0.6) is 0 Å². The molecular weight excluding hydrogens is 218 g/mol. The summed E-state index contributed by atoms with van der Waals surface area (Å²) in [5, 5.41) is 3.70. The minimum atomic E-state index is 0.684. The third-order valence-electron chi connectivity index (χ3n) is 4.47. The first-order chi connectivity index (χ1) is 8.60. The van der Waals surface area contributed by atoms with Crippen LogP contribution in [-0.4, -0.2) is 12.6 Å². The van der Waals surface area contributed by atoms with E-state index in [1.165, 1.54) is 48.9 Å². The van der Waals surface area contributed by atoms with Gasteiger partial charge in [0.1, 0.15) is 0 Å². The molecule has 1 aromatic carbocycles. The van der Waals surface area contributed by atoms with Crippen molar-refractivity contribution in [1.29, 1.82) is 0 Å². The molecule has 0 amide bonds. The van der Waals surface area contributed by atoms with Crippen LogP contribution in [-0.2, 0) is 6.42 Å². The van der Waals surface area contributed by atoms with Gasteiger partial charge in [-0.15, -0.1) is 0 Å². The fourth-order valence-corrected chi connectivity index (χ4v) is 3.40. The molecule has 18 heavy (non-hydrogen) atoms. The van der Waals surface area contributed by atoms with Gasteiger partial charge in [-0.05, 0) is 69.2 Å². The molecule has 1 heteroatoms. The van der Waals surface area contributed by atoms with Crippen LogP contribution in [0.15, 0.2) is 12.1 Å². The molecule has 1 nitrogen and oxygen atoms in total. The number of hydrogen-bond donors (Lipinski definition) is 1. The Morgan fingerprint density at radius 2 is 1.83 bits per heavy atom.